The van der Waals surface area contributed by atoms with E-state index in [1.165, 1.54) is 32.0 Å². The highest BCUT2D eigenvalue weighted by Gasteiger charge is 2.31. The molecule has 1 heterocycles. The summed E-state index contributed by atoms with van der Waals surface area (Å²) in [6.07, 6.45) is -0.995. The molecule has 1 aliphatic heterocycles. The minimum Gasteiger partial charge on any atom is -0.497 e. The molecule has 0 amide bonds. The molecule has 0 bridgehead atoms. The summed E-state index contributed by atoms with van der Waals surface area (Å²) >= 11 is 0. The molecule has 2 aromatic carbocycles. The summed E-state index contributed by atoms with van der Waals surface area (Å²) in [6.45, 7) is 1.22. The van der Waals surface area contributed by atoms with E-state index >= 15 is 0 Å². The van der Waals surface area contributed by atoms with Crippen LogP contribution in [0.5, 0.6) is 5.75 Å². The van der Waals surface area contributed by atoms with Crippen LogP contribution in [0.25, 0.3) is 0 Å². The van der Waals surface area contributed by atoms with E-state index in [9.17, 15) is 18.0 Å². The number of ether oxygens (including phenoxy) is 2. The van der Waals surface area contributed by atoms with E-state index in [-0.39, 0.29) is 23.1 Å². The summed E-state index contributed by atoms with van der Waals surface area (Å²) in [5.41, 5.74) is 0.810. The van der Waals surface area contributed by atoms with Crippen molar-refractivity contribution in [3.63, 3.8) is 0 Å². The Balaban J connectivity index is 1.65. The number of rotatable bonds is 6. The average molecular weight is 416 g/mol. The molecule has 0 N–H and O–H groups in total. The standard InChI is InChI=1S/C20H20N2O6S/c1-13(19(24)14-8-10-15(27-3)11-9-14)28-18(23)12-22(2)20-16-6-4-5-7-17(16)29(25,26)21-20/h4-11,13H,12H2,1-3H3/t13-/m0/s1. The quantitative estimate of drug-likeness (QED) is 0.523. The van der Waals surface area contributed by atoms with E-state index < -0.39 is 22.1 Å². The summed E-state index contributed by atoms with van der Waals surface area (Å²) in [5, 5.41) is 0. The molecule has 0 aromatic heterocycles. The van der Waals surface area contributed by atoms with Crippen LogP contribution in [0.4, 0.5) is 0 Å². The second-order valence-electron chi connectivity index (χ2n) is 6.47. The Morgan fingerprint density at radius 2 is 1.76 bits per heavy atom. The van der Waals surface area contributed by atoms with Gasteiger partial charge in [0, 0.05) is 18.2 Å². The van der Waals surface area contributed by atoms with Crippen LogP contribution in [0, 0.1) is 0 Å². The number of likely N-dealkylation sites (N-methyl/N-ethyl adjacent to an activating group) is 1. The lowest BCUT2D eigenvalue weighted by molar-refractivity contribution is -0.146. The number of benzene rings is 2. The first-order chi connectivity index (χ1) is 13.7. The zero-order valence-corrected chi connectivity index (χ0v) is 17.0. The molecule has 1 atom stereocenters. The smallest absolute Gasteiger partial charge is 0.326 e. The molecule has 2 aromatic rings. The van der Waals surface area contributed by atoms with Gasteiger partial charge in [0.1, 0.15) is 17.2 Å². The molecular formula is C20H20N2O6S. The summed E-state index contributed by atoms with van der Waals surface area (Å²) in [5.74, 6) is -0.256. The van der Waals surface area contributed by atoms with Crippen molar-refractivity contribution >= 4 is 27.6 Å². The van der Waals surface area contributed by atoms with Crippen molar-refractivity contribution in [2.45, 2.75) is 17.9 Å². The van der Waals surface area contributed by atoms with E-state index in [4.69, 9.17) is 9.47 Å². The topological polar surface area (TPSA) is 102 Å². The number of hydrogen-bond acceptors (Lipinski definition) is 7. The van der Waals surface area contributed by atoms with Crippen LogP contribution in [0.1, 0.15) is 22.8 Å². The van der Waals surface area contributed by atoms with Crippen molar-refractivity contribution in [3.05, 3.63) is 59.7 Å². The van der Waals surface area contributed by atoms with Gasteiger partial charge in [-0.25, -0.2) is 0 Å². The zero-order valence-electron chi connectivity index (χ0n) is 16.2. The van der Waals surface area contributed by atoms with Crippen molar-refractivity contribution < 1.29 is 27.5 Å². The van der Waals surface area contributed by atoms with Gasteiger partial charge in [-0.1, -0.05) is 12.1 Å². The number of nitrogens with zero attached hydrogens (tertiary/aromatic N) is 2. The maximum absolute atomic E-state index is 12.4. The van der Waals surface area contributed by atoms with Crippen molar-refractivity contribution in [2.24, 2.45) is 4.40 Å². The number of sulfonamides is 1. The molecule has 0 unspecified atom stereocenters. The number of esters is 1. The third kappa shape index (κ3) is 4.29. The largest absolute Gasteiger partial charge is 0.497 e. The van der Waals surface area contributed by atoms with Crippen LogP contribution in [0.3, 0.4) is 0 Å². The molecule has 29 heavy (non-hydrogen) atoms. The van der Waals surface area contributed by atoms with Crippen molar-refractivity contribution in [1.29, 1.82) is 0 Å². The number of carbonyl (C=O) groups excluding carboxylic acids is 2. The summed E-state index contributed by atoms with van der Waals surface area (Å²) < 4.78 is 38.3. The molecule has 0 saturated heterocycles. The van der Waals surface area contributed by atoms with Gasteiger partial charge in [-0.05, 0) is 43.3 Å². The number of methoxy groups -OCH3 is 1. The normalized spacial score (nSPS) is 15.1. The van der Waals surface area contributed by atoms with Gasteiger partial charge in [-0.15, -0.1) is 4.40 Å². The fourth-order valence-corrected chi connectivity index (χ4v) is 4.16. The monoisotopic (exact) mass is 416 g/mol. The van der Waals surface area contributed by atoms with E-state index in [1.807, 2.05) is 0 Å². The molecule has 0 aliphatic carbocycles. The summed E-state index contributed by atoms with van der Waals surface area (Å²) in [6, 6.07) is 12.8. The minimum absolute atomic E-state index is 0.0956. The van der Waals surface area contributed by atoms with Gasteiger partial charge in [0.25, 0.3) is 10.0 Å². The summed E-state index contributed by atoms with van der Waals surface area (Å²) in [7, 11) is -0.725. The van der Waals surface area contributed by atoms with Gasteiger partial charge in [0.2, 0.25) is 5.78 Å². The highest BCUT2D eigenvalue weighted by molar-refractivity contribution is 7.90. The second kappa shape index (κ2) is 8.04. The summed E-state index contributed by atoms with van der Waals surface area (Å²) in [4.78, 5) is 26.2. The number of fused-ring (bicyclic) bond motifs is 1. The molecule has 0 saturated carbocycles. The molecule has 0 spiro atoms. The van der Waals surface area contributed by atoms with E-state index in [2.05, 4.69) is 4.40 Å². The molecule has 3 rings (SSSR count). The lowest BCUT2D eigenvalue weighted by atomic mass is 10.1. The highest BCUT2D eigenvalue weighted by Crippen LogP contribution is 2.26. The van der Waals surface area contributed by atoms with Gasteiger partial charge in [-0.2, -0.15) is 8.42 Å². The Kier molecular flexibility index (Phi) is 5.69. The third-order valence-corrected chi connectivity index (χ3v) is 5.72. The Bertz CT molecular complexity index is 1080. The maximum Gasteiger partial charge on any atom is 0.326 e. The van der Waals surface area contributed by atoms with Crippen molar-refractivity contribution in [2.75, 3.05) is 20.7 Å². The Hall–Kier alpha value is -3.20. The molecule has 8 nitrogen and oxygen atoms in total. The maximum atomic E-state index is 12.4. The van der Waals surface area contributed by atoms with E-state index in [1.54, 1.807) is 42.5 Å². The Morgan fingerprint density at radius 1 is 1.10 bits per heavy atom. The first-order valence-corrected chi connectivity index (χ1v) is 10.2. The van der Waals surface area contributed by atoms with Crippen LogP contribution in [0.15, 0.2) is 57.8 Å². The minimum atomic E-state index is -3.78. The number of ketones is 1. The Morgan fingerprint density at radius 3 is 2.41 bits per heavy atom. The van der Waals surface area contributed by atoms with Crippen LogP contribution < -0.4 is 4.74 Å². The van der Waals surface area contributed by atoms with Gasteiger partial charge in [-0.3, -0.25) is 9.59 Å². The second-order valence-corrected chi connectivity index (χ2v) is 8.04. The molecule has 0 radical (unpaired) electrons. The molecule has 9 heteroatoms. The van der Waals surface area contributed by atoms with Crippen LogP contribution in [-0.2, 0) is 19.6 Å². The first kappa shape index (κ1) is 20.5. The van der Waals surface area contributed by atoms with E-state index in [0.717, 1.165) is 0 Å². The van der Waals surface area contributed by atoms with Gasteiger partial charge >= 0.3 is 5.97 Å². The van der Waals surface area contributed by atoms with E-state index in [0.29, 0.717) is 16.9 Å². The lowest BCUT2D eigenvalue weighted by Crippen LogP contribution is -2.35. The van der Waals surface area contributed by atoms with Crippen LogP contribution in [0.2, 0.25) is 0 Å². The number of carbonyl (C=O) groups is 2. The van der Waals surface area contributed by atoms with Crippen molar-refractivity contribution in [1.82, 2.24) is 4.90 Å². The highest BCUT2D eigenvalue weighted by atomic mass is 32.2. The average Bonchev–Trinajstić information content (AvgIpc) is 2.99. The van der Waals surface area contributed by atoms with Crippen LogP contribution >= 0.6 is 0 Å². The van der Waals surface area contributed by atoms with Gasteiger partial charge < -0.3 is 14.4 Å². The number of amidine groups is 1. The van der Waals surface area contributed by atoms with Crippen molar-refractivity contribution in [3.8, 4) is 5.75 Å². The first-order valence-electron chi connectivity index (χ1n) is 8.76. The van der Waals surface area contributed by atoms with Gasteiger partial charge in [0.15, 0.2) is 11.9 Å². The SMILES string of the molecule is COc1ccc(C(=O)[C@H](C)OC(=O)CN(C)C2=NS(=O)(=O)c3ccccc32)cc1. The number of Topliss-reactive ketones (excluding diaryl/α,β-unsaturated/α-hetero) is 1. The fraction of sp³-hybridized carbons (Fsp3) is 0.250. The predicted octanol–water partition coefficient (Wildman–Crippen LogP) is 1.89. The lowest BCUT2D eigenvalue weighted by Gasteiger charge is -2.19. The zero-order chi connectivity index (χ0) is 21.2. The number of hydrogen-bond donors (Lipinski definition) is 0. The third-order valence-electron chi connectivity index (χ3n) is 4.39. The Labute approximate surface area is 168 Å². The predicted molar refractivity (Wildman–Crippen MR) is 106 cm³/mol. The molecule has 0 fully saturated rings. The molecule has 1 aliphatic rings. The molecule has 152 valence electrons. The van der Waals surface area contributed by atoms with Crippen LogP contribution in [-0.4, -0.2) is 57.7 Å². The molecular weight excluding hydrogens is 396 g/mol. The van der Waals surface area contributed by atoms with Gasteiger partial charge in [0.05, 0.1) is 7.11 Å². The fourth-order valence-electron chi connectivity index (χ4n) is 2.91.